The second kappa shape index (κ2) is 9.47. The van der Waals surface area contributed by atoms with E-state index in [0.29, 0.717) is 29.3 Å². The second-order valence-corrected chi connectivity index (χ2v) is 8.31. The van der Waals surface area contributed by atoms with E-state index in [9.17, 15) is 9.59 Å². The number of likely N-dealkylation sites (tertiary alicyclic amines) is 1. The van der Waals surface area contributed by atoms with Crippen LogP contribution in [0.25, 0.3) is 5.57 Å². The van der Waals surface area contributed by atoms with Crippen molar-refractivity contribution in [3.05, 3.63) is 59.8 Å². The topological polar surface area (TPSA) is 59.1 Å². The van der Waals surface area contributed by atoms with E-state index in [4.69, 9.17) is 9.47 Å². The first kappa shape index (κ1) is 21.9. The molecule has 6 heteroatoms. The Morgan fingerprint density at radius 1 is 0.906 bits per heavy atom. The molecule has 2 aliphatic rings. The number of nitrogens with zero attached hydrogens (tertiary/aromatic N) is 2. The fourth-order valence-electron chi connectivity index (χ4n) is 4.29. The van der Waals surface area contributed by atoms with Crippen LogP contribution in [0.3, 0.4) is 0 Å². The van der Waals surface area contributed by atoms with Gasteiger partial charge in [-0.3, -0.25) is 9.59 Å². The predicted molar refractivity (Wildman–Crippen MR) is 125 cm³/mol. The fourth-order valence-corrected chi connectivity index (χ4v) is 4.29. The molecule has 0 spiro atoms. The van der Waals surface area contributed by atoms with Crippen LogP contribution in [0.1, 0.15) is 45.6 Å². The van der Waals surface area contributed by atoms with Crippen LogP contribution in [0.4, 0.5) is 5.69 Å². The van der Waals surface area contributed by atoms with Crippen molar-refractivity contribution in [1.29, 1.82) is 0 Å². The van der Waals surface area contributed by atoms with Crippen molar-refractivity contribution >= 4 is 23.1 Å². The molecule has 0 unspecified atom stereocenters. The minimum Gasteiger partial charge on any atom is -0.494 e. The maximum atomic E-state index is 13.8. The summed E-state index contributed by atoms with van der Waals surface area (Å²) >= 11 is 0. The van der Waals surface area contributed by atoms with Crippen molar-refractivity contribution in [3.63, 3.8) is 0 Å². The Labute approximate surface area is 189 Å². The van der Waals surface area contributed by atoms with Crippen LogP contribution in [0.15, 0.2) is 54.2 Å². The first-order valence-corrected chi connectivity index (χ1v) is 11.4. The summed E-state index contributed by atoms with van der Waals surface area (Å²) in [5.41, 5.74) is 2.13. The van der Waals surface area contributed by atoms with Gasteiger partial charge in [-0.2, -0.15) is 0 Å². The van der Waals surface area contributed by atoms with Crippen molar-refractivity contribution in [1.82, 2.24) is 4.90 Å². The zero-order valence-corrected chi connectivity index (χ0v) is 19.0. The zero-order valence-electron chi connectivity index (χ0n) is 19.0. The molecule has 0 aromatic heterocycles. The Hall–Kier alpha value is -3.28. The Balaban J connectivity index is 1.79. The smallest absolute Gasteiger partial charge is 0.282 e. The third-order valence-electron chi connectivity index (χ3n) is 5.65. The second-order valence-electron chi connectivity index (χ2n) is 8.31. The lowest BCUT2D eigenvalue weighted by Gasteiger charge is -2.29. The average molecular weight is 435 g/mol. The molecule has 2 amide bonds. The number of para-hydroxylation sites is 2. The van der Waals surface area contributed by atoms with Gasteiger partial charge in [0.15, 0.2) is 0 Å². The minimum atomic E-state index is -0.320. The molecule has 0 radical (unpaired) electrons. The number of carbonyl (C=O) groups excluding carboxylic acids is 2. The van der Waals surface area contributed by atoms with Crippen molar-refractivity contribution in [3.8, 4) is 11.5 Å². The minimum absolute atomic E-state index is 0.0796. The Morgan fingerprint density at radius 2 is 1.59 bits per heavy atom. The van der Waals surface area contributed by atoms with Crippen LogP contribution < -0.4 is 14.4 Å². The van der Waals surface area contributed by atoms with Gasteiger partial charge in [-0.25, -0.2) is 4.90 Å². The summed E-state index contributed by atoms with van der Waals surface area (Å²) in [6.07, 6.45) is 3.08. The number of piperidine rings is 1. The van der Waals surface area contributed by atoms with Crippen LogP contribution in [-0.2, 0) is 9.59 Å². The predicted octanol–water partition coefficient (Wildman–Crippen LogP) is 4.64. The normalized spacial score (nSPS) is 16.9. The van der Waals surface area contributed by atoms with Gasteiger partial charge in [0, 0.05) is 13.1 Å². The van der Waals surface area contributed by atoms with Gasteiger partial charge in [-0.15, -0.1) is 0 Å². The quantitative estimate of drug-likeness (QED) is 0.594. The van der Waals surface area contributed by atoms with E-state index in [1.807, 2.05) is 57.2 Å². The molecular formula is C26H30N2O4. The molecular weight excluding hydrogens is 404 g/mol. The number of imide groups is 1. The van der Waals surface area contributed by atoms with E-state index in [2.05, 4.69) is 4.90 Å². The molecule has 0 saturated carbocycles. The summed E-state index contributed by atoms with van der Waals surface area (Å²) in [6, 6.07) is 14.6. The highest BCUT2D eigenvalue weighted by atomic mass is 16.5. The molecule has 2 aromatic carbocycles. The van der Waals surface area contributed by atoms with Crippen LogP contribution in [-0.4, -0.2) is 42.5 Å². The Bertz CT molecular complexity index is 1020. The van der Waals surface area contributed by atoms with Gasteiger partial charge >= 0.3 is 0 Å². The van der Waals surface area contributed by atoms with E-state index in [1.165, 1.54) is 4.90 Å². The number of ether oxygens (including phenoxy) is 2. The summed E-state index contributed by atoms with van der Waals surface area (Å²) in [7, 11) is 0. The number of amides is 2. The largest absolute Gasteiger partial charge is 0.494 e. The van der Waals surface area contributed by atoms with Gasteiger partial charge in [0.05, 0.1) is 24.0 Å². The van der Waals surface area contributed by atoms with Crippen molar-refractivity contribution in [2.75, 3.05) is 24.6 Å². The highest BCUT2D eigenvalue weighted by molar-refractivity contribution is 6.45. The first-order valence-electron chi connectivity index (χ1n) is 11.4. The summed E-state index contributed by atoms with van der Waals surface area (Å²) in [6.45, 7) is 7.89. The van der Waals surface area contributed by atoms with E-state index >= 15 is 0 Å². The molecule has 6 nitrogen and oxygen atoms in total. The molecule has 0 N–H and O–H groups in total. The molecule has 0 aliphatic carbocycles. The van der Waals surface area contributed by atoms with Crippen LogP contribution in [0.2, 0.25) is 0 Å². The molecule has 1 fully saturated rings. The lowest BCUT2D eigenvalue weighted by atomic mass is 10.0. The lowest BCUT2D eigenvalue weighted by molar-refractivity contribution is -0.120. The maximum Gasteiger partial charge on any atom is 0.282 e. The van der Waals surface area contributed by atoms with E-state index < -0.39 is 0 Å². The fraction of sp³-hybridized carbons (Fsp3) is 0.385. The molecule has 168 valence electrons. The van der Waals surface area contributed by atoms with E-state index in [0.717, 1.165) is 43.7 Å². The Kier molecular flexibility index (Phi) is 6.49. The molecule has 2 aliphatic heterocycles. The van der Waals surface area contributed by atoms with Crippen LogP contribution >= 0.6 is 0 Å². The van der Waals surface area contributed by atoms with Crippen LogP contribution in [0.5, 0.6) is 11.5 Å². The first-order chi connectivity index (χ1) is 15.5. The van der Waals surface area contributed by atoms with Gasteiger partial charge in [-0.05, 0) is 69.9 Å². The van der Waals surface area contributed by atoms with Gasteiger partial charge in [0.1, 0.15) is 17.2 Å². The van der Waals surface area contributed by atoms with Crippen molar-refractivity contribution in [2.24, 2.45) is 0 Å². The van der Waals surface area contributed by atoms with Crippen molar-refractivity contribution < 1.29 is 19.1 Å². The maximum absolute atomic E-state index is 13.8. The average Bonchev–Trinajstić information content (AvgIpc) is 3.05. The third-order valence-corrected chi connectivity index (χ3v) is 5.65. The number of rotatable bonds is 7. The molecule has 0 atom stereocenters. The number of hydrogen-bond acceptors (Lipinski definition) is 5. The van der Waals surface area contributed by atoms with E-state index in [-0.39, 0.29) is 17.9 Å². The standard InChI is InChI=1S/C26H30N2O4/c1-4-31-20-14-12-19(13-15-20)23-24(27-16-8-5-9-17-27)26(30)28(25(23)29)21-10-6-7-11-22(21)32-18(2)3/h6-7,10-15,18H,4-5,8-9,16-17H2,1-3H3. The molecule has 2 heterocycles. The SMILES string of the molecule is CCOc1ccc(C2=C(N3CCCCC3)C(=O)N(c3ccccc3OC(C)C)C2=O)cc1. The lowest BCUT2D eigenvalue weighted by Crippen LogP contribution is -2.37. The van der Waals surface area contributed by atoms with E-state index in [1.54, 1.807) is 12.1 Å². The monoisotopic (exact) mass is 434 g/mol. The molecule has 1 saturated heterocycles. The molecule has 32 heavy (non-hydrogen) atoms. The number of benzene rings is 2. The van der Waals surface area contributed by atoms with Gasteiger partial charge in [0.25, 0.3) is 11.8 Å². The molecule has 4 rings (SSSR count). The summed E-state index contributed by atoms with van der Waals surface area (Å²) < 4.78 is 11.5. The number of anilines is 1. The van der Waals surface area contributed by atoms with Gasteiger partial charge in [-0.1, -0.05) is 24.3 Å². The van der Waals surface area contributed by atoms with Gasteiger partial charge in [0.2, 0.25) is 0 Å². The third kappa shape index (κ3) is 4.22. The summed E-state index contributed by atoms with van der Waals surface area (Å²) in [5.74, 6) is 0.649. The zero-order chi connectivity index (χ0) is 22.7. The summed E-state index contributed by atoms with van der Waals surface area (Å²) in [4.78, 5) is 30.8. The number of hydrogen-bond donors (Lipinski definition) is 0. The van der Waals surface area contributed by atoms with Gasteiger partial charge < -0.3 is 14.4 Å². The highest BCUT2D eigenvalue weighted by Crippen LogP contribution is 2.39. The number of carbonyl (C=O) groups is 2. The summed E-state index contributed by atoms with van der Waals surface area (Å²) in [5, 5.41) is 0. The molecule has 2 aromatic rings. The molecule has 0 bridgehead atoms. The highest BCUT2D eigenvalue weighted by Gasteiger charge is 2.43. The van der Waals surface area contributed by atoms with Crippen molar-refractivity contribution in [2.45, 2.75) is 46.1 Å². The van der Waals surface area contributed by atoms with Crippen LogP contribution in [0, 0.1) is 0 Å². The Morgan fingerprint density at radius 3 is 2.25 bits per heavy atom.